The topological polar surface area (TPSA) is 0 Å². The van der Waals surface area contributed by atoms with Crippen molar-refractivity contribution in [2.45, 2.75) is 348 Å². The molecule has 0 spiro atoms. The highest BCUT2D eigenvalue weighted by Gasteiger charge is 1.98. The summed E-state index contributed by atoms with van der Waals surface area (Å²) < 4.78 is 0. The number of unbranched alkanes of at least 4 members (excludes halogenated alkanes) is 50. The molecule has 0 aliphatic carbocycles. The largest absolute Gasteiger partial charge is 0.0995 e. The zero-order chi connectivity index (χ0) is 42.3. The Hall–Kier alpha value is -0.450. The summed E-state index contributed by atoms with van der Waals surface area (Å²) in [6.07, 6.45) is 74.7. The number of rotatable bonds is 50. The van der Waals surface area contributed by atoms with Crippen LogP contribution in [0.2, 0.25) is 0 Å². The highest BCUT2D eigenvalue weighted by molar-refractivity contribution is 7.49. The smallest absolute Gasteiger partial charge is 0.0972 e. The standard InChI is InChI=1S/C58H110P/c1-3-5-7-9-11-13-15-17-19-21-23-25-27-29-31-33-35-37-39-41-43-45-47-49-51-53-55-57-59-58-56-54-52-50-48-46-44-42-40-38-36-34-32-30-28-26-24-22-20-18-16-14-12-10-8-6-4-2/h3-54H2,1-2H3. The van der Waals surface area contributed by atoms with Crippen molar-refractivity contribution in [3.05, 3.63) is 0 Å². The zero-order valence-electron chi connectivity index (χ0n) is 41.2. The fraction of sp³-hybridized carbons (Fsp3) is 0.931. The summed E-state index contributed by atoms with van der Waals surface area (Å²) in [5, 5.41) is 0. The molecule has 0 unspecified atom stereocenters. The van der Waals surface area contributed by atoms with Gasteiger partial charge in [-0.25, -0.2) is 0 Å². The average Bonchev–Trinajstić information content (AvgIpc) is 3.25. The third-order valence-corrected chi connectivity index (χ3v) is 13.6. The molecule has 0 amide bonds. The van der Waals surface area contributed by atoms with Crippen molar-refractivity contribution in [2.75, 3.05) is 0 Å². The highest BCUT2D eigenvalue weighted by atomic mass is 31.1. The minimum atomic E-state index is 1.02. The van der Waals surface area contributed by atoms with E-state index < -0.39 is 0 Å². The van der Waals surface area contributed by atoms with E-state index in [4.69, 9.17) is 0 Å². The molecule has 0 saturated carbocycles. The van der Waals surface area contributed by atoms with Crippen LogP contribution in [0.3, 0.4) is 0 Å². The van der Waals surface area contributed by atoms with Crippen LogP contribution in [-0.2, 0) is 0 Å². The van der Waals surface area contributed by atoms with Gasteiger partial charge in [0.05, 0.1) is 8.58 Å². The van der Waals surface area contributed by atoms with Crippen molar-refractivity contribution < 1.29 is 0 Å². The molecule has 0 aromatic carbocycles. The van der Waals surface area contributed by atoms with Crippen molar-refractivity contribution in [2.24, 2.45) is 0 Å². The van der Waals surface area contributed by atoms with Crippen LogP contribution in [0.1, 0.15) is 348 Å². The summed E-state index contributed by atoms with van der Waals surface area (Å²) in [5.41, 5.74) is 6.54. The van der Waals surface area contributed by atoms with Crippen molar-refractivity contribution in [1.82, 2.24) is 0 Å². The molecule has 0 bridgehead atoms. The first-order valence-corrected chi connectivity index (χ1v) is 29.0. The van der Waals surface area contributed by atoms with E-state index in [9.17, 15) is 0 Å². The van der Waals surface area contributed by atoms with Crippen LogP contribution in [0, 0.1) is 23.2 Å². The molecule has 0 rings (SSSR count). The molecule has 1 heteroatoms. The highest BCUT2D eigenvalue weighted by Crippen LogP contribution is 2.18. The number of hydrogen-bond acceptors (Lipinski definition) is 0. The molecule has 0 nitrogen and oxygen atoms in total. The predicted octanol–water partition coefficient (Wildman–Crippen LogP) is 22.2. The van der Waals surface area contributed by atoms with Crippen LogP contribution in [0.15, 0.2) is 0 Å². The van der Waals surface area contributed by atoms with Gasteiger partial charge in [0.15, 0.2) is 0 Å². The maximum Gasteiger partial charge on any atom is 0.0995 e. The van der Waals surface area contributed by atoms with E-state index in [1.807, 2.05) is 0 Å². The lowest BCUT2D eigenvalue weighted by Crippen LogP contribution is -1.84. The molecule has 0 heterocycles. The van der Waals surface area contributed by atoms with Crippen molar-refractivity contribution in [3.63, 3.8) is 0 Å². The minimum absolute atomic E-state index is 1.02. The Morgan fingerprint density at radius 2 is 0.322 bits per heavy atom. The summed E-state index contributed by atoms with van der Waals surface area (Å²) in [6, 6.07) is 0. The van der Waals surface area contributed by atoms with Gasteiger partial charge in [-0.2, -0.15) is 0 Å². The molecule has 0 saturated heterocycles. The Bertz CT molecular complexity index is 782. The van der Waals surface area contributed by atoms with E-state index in [2.05, 4.69) is 37.0 Å². The van der Waals surface area contributed by atoms with Gasteiger partial charge in [0.2, 0.25) is 0 Å². The third-order valence-electron chi connectivity index (χ3n) is 13.1. The van der Waals surface area contributed by atoms with Crippen LogP contribution < -0.4 is 0 Å². The van der Waals surface area contributed by atoms with Crippen LogP contribution in [-0.4, -0.2) is 0 Å². The van der Waals surface area contributed by atoms with E-state index in [-0.39, 0.29) is 0 Å². The zero-order valence-corrected chi connectivity index (χ0v) is 42.1. The Kier molecular flexibility index (Phi) is 57.1. The Labute approximate surface area is 377 Å². The van der Waals surface area contributed by atoms with Gasteiger partial charge in [-0.3, -0.25) is 0 Å². The van der Waals surface area contributed by atoms with Crippen LogP contribution in [0.5, 0.6) is 0 Å². The molecule has 0 aromatic heterocycles. The lowest BCUT2D eigenvalue weighted by atomic mass is 10.0. The van der Waals surface area contributed by atoms with Gasteiger partial charge in [0.1, 0.15) is 0 Å². The first-order valence-electron chi connectivity index (χ1n) is 28.1. The maximum absolute atomic E-state index is 3.36. The van der Waals surface area contributed by atoms with Gasteiger partial charge in [0, 0.05) is 12.8 Å². The molecular formula is C58H110P. The molecule has 0 aromatic rings. The first-order chi connectivity index (χ1) is 29.4. The second-order valence-corrected chi connectivity index (χ2v) is 19.8. The first kappa shape index (κ1) is 58.6. The molecule has 59 heavy (non-hydrogen) atoms. The van der Waals surface area contributed by atoms with E-state index in [0.29, 0.717) is 0 Å². The van der Waals surface area contributed by atoms with E-state index in [0.717, 1.165) is 21.4 Å². The molecule has 1 radical (unpaired) electrons. The third kappa shape index (κ3) is 57.5. The monoisotopic (exact) mass is 838 g/mol. The summed E-state index contributed by atoms with van der Waals surface area (Å²) >= 11 is 0. The quantitative estimate of drug-likeness (QED) is 0.0325. The second-order valence-electron chi connectivity index (χ2n) is 19.2. The van der Waals surface area contributed by atoms with Crippen molar-refractivity contribution in [3.8, 4) is 23.2 Å². The minimum Gasteiger partial charge on any atom is -0.0972 e. The summed E-state index contributed by atoms with van der Waals surface area (Å²) in [7, 11) is 1.02. The molecular weight excluding hydrogens is 728 g/mol. The van der Waals surface area contributed by atoms with Gasteiger partial charge in [-0.1, -0.05) is 345 Å². The molecule has 0 fully saturated rings. The van der Waals surface area contributed by atoms with Gasteiger partial charge >= 0.3 is 0 Å². The van der Waals surface area contributed by atoms with Crippen LogP contribution in [0.25, 0.3) is 0 Å². The fourth-order valence-corrected chi connectivity index (χ4v) is 9.36. The van der Waals surface area contributed by atoms with Gasteiger partial charge < -0.3 is 0 Å². The lowest BCUT2D eigenvalue weighted by molar-refractivity contribution is 0.516. The van der Waals surface area contributed by atoms with Crippen LogP contribution in [0.4, 0.5) is 0 Å². The lowest BCUT2D eigenvalue weighted by Gasteiger charge is -2.04. The summed E-state index contributed by atoms with van der Waals surface area (Å²) in [6.45, 7) is 4.62. The predicted molar refractivity (Wildman–Crippen MR) is 274 cm³/mol. The normalized spacial score (nSPS) is 11.2. The van der Waals surface area contributed by atoms with Crippen molar-refractivity contribution >= 4 is 8.58 Å². The van der Waals surface area contributed by atoms with E-state index in [1.54, 1.807) is 0 Å². The van der Waals surface area contributed by atoms with Gasteiger partial charge in [0.25, 0.3) is 0 Å². The molecule has 0 N–H and O–H groups in total. The van der Waals surface area contributed by atoms with Gasteiger partial charge in [-0.05, 0) is 12.8 Å². The second kappa shape index (κ2) is 57.5. The maximum atomic E-state index is 3.36. The molecule has 347 valence electrons. The molecule has 0 atom stereocenters. The number of hydrogen-bond donors (Lipinski definition) is 0. The van der Waals surface area contributed by atoms with E-state index in [1.165, 1.54) is 321 Å². The summed E-state index contributed by atoms with van der Waals surface area (Å²) in [4.78, 5) is 0. The molecule has 0 aliphatic heterocycles. The van der Waals surface area contributed by atoms with E-state index >= 15 is 0 Å². The average molecular weight is 838 g/mol. The Morgan fingerprint density at radius 3 is 0.475 bits per heavy atom. The van der Waals surface area contributed by atoms with Crippen molar-refractivity contribution in [1.29, 1.82) is 0 Å². The SMILES string of the molecule is CCCCCCCCCCCCCCCCCCCCCCCCCCCC#C[P]C#CCCCCCCCCCCCCCCCCCCCCCCCCCCC. The van der Waals surface area contributed by atoms with Gasteiger partial charge in [-0.15, -0.1) is 0 Å². The van der Waals surface area contributed by atoms with Crippen LogP contribution >= 0.6 is 8.58 Å². The Balaban J connectivity index is 3.17. The Morgan fingerprint density at radius 1 is 0.186 bits per heavy atom. The summed E-state index contributed by atoms with van der Waals surface area (Å²) in [5.74, 6) is 6.72. The molecule has 0 aliphatic rings. The fourth-order valence-electron chi connectivity index (χ4n) is 8.92.